The van der Waals surface area contributed by atoms with Gasteiger partial charge in [0.25, 0.3) is 0 Å². The van der Waals surface area contributed by atoms with Crippen molar-refractivity contribution in [3.8, 4) is 0 Å². The highest BCUT2D eigenvalue weighted by Crippen LogP contribution is 2.49. The lowest BCUT2D eigenvalue weighted by Gasteiger charge is -2.20. The van der Waals surface area contributed by atoms with Crippen LogP contribution >= 0.6 is 0 Å². The zero-order valence-electron chi connectivity index (χ0n) is 11.2. The first kappa shape index (κ1) is 12.5. The third-order valence-electron chi connectivity index (χ3n) is 4.29. The van der Waals surface area contributed by atoms with Gasteiger partial charge in [0.15, 0.2) is 0 Å². The molecule has 1 unspecified atom stereocenters. The van der Waals surface area contributed by atoms with E-state index in [0.29, 0.717) is 12.5 Å². The number of ether oxygens (including phenoxy) is 1. The van der Waals surface area contributed by atoms with Crippen LogP contribution in [0.3, 0.4) is 0 Å². The van der Waals surface area contributed by atoms with E-state index in [9.17, 15) is 4.79 Å². The molecule has 1 aromatic carbocycles. The Kier molecular flexibility index (Phi) is 3.41. The minimum Gasteiger partial charge on any atom is -0.465 e. The lowest BCUT2D eigenvalue weighted by molar-refractivity contribution is -0.148. The fourth-order valence-electron chi connectivity index (χ4n) is 2.83. The summed E-state index contributed by atoms with van der Waals surface area (Å²) in [7, 11) is 0. The number of carbonyl (C=O) groups is 1. The van der Waals surface area contributed by atoms with E-state index in [4.69, 9.17) is 4.74 Å². The van der Waals surface area contributed by atoms with Crippen molar-refractivity contribution in [3.05, 3.63) is 48.0 Å². The molecule has 1 saturated carbocycles. The fourth-order valence-corrected chi connectivity index (χ4v) is 2.83. The lowest BCUT2D eigenvalue weighted by atomic mass is 9.94. The number of hydrogen-bond donors (Lipinski definition) is 0. The molecule has 2 nitrogen and oxygen atoms in total. The van der Waals surface area contributed by atoms with Crippen molar-refractivity contribution >= 4 is 5.97 Å². The van der Waals surface area contributed by atoms with Gasteiger partial charge in [-0.25, -0.2) is 0 Å². The van der Waals surface area contributed by atoms with Gasteiger partial charge in [-0.2, -0.15) is 0 Å². The molecule has 1 atom stereocenters. The summed E-state index contributed by atoms with van der Waals surface area (Å²) in [5.74, 6) is 0.494. The maximum absolute atomic E-state index is 12.3. The van der Waals surface area contributed by atoms with Crippen molar-refractivity contribution in [1.29, 1.82) is 0 Å². The molecular formula is C17H20O2. The summed E-state index contributed by atoms with van der Waals surface area (Å²) in [6.45, 7) is 0.581. The summed E-state index contributed by atoms with van der Waals surface area (Å²) >= 11 is 0. The number of esters is 1. The Labute approximate surface area is 114 Å². The van der Waals surface area contributed by atoms with Gasteiger partial charge in [0, 0.05) is 0 Å². The summed E-state index contributed by atoms with van der Waals surface area (Å²) in [5, 5.41) is 0. The molecule has 2 aliphatic carbocycles. The molecule has 0 amide bonds. The fraction of sp³-hybridized carbons (Fsp3) is 0.471. The second-order valence-corrected chi connectivity index (χ2v) is 5.70. The molecule has 2 heteroatoms. The van der Waals surface area contributed by atoms with E-state index in [-0.39, 0.29) is 11.4 Å². The topological polar surface area (TPSA) is 26.3 Å². The van der Waals surface area contributed by atoms with Crippen molar-refractivity contribution in [2.24, 2.45) is 5.92 Å². The normalized spacial score (nSPS) is 23.9. The molecule has 0 aromatic heterocycles. The maximum atomic E-state index is 12.3. The van der Waals surface area contributed by atoms with Gasteiger partial charge < -0.3 is 4.74 Å². The molecule has 0 saturated heterocycles. The predicted octanol–water partition coefficient (Wildman–Crippen LogP) is 3.62. The van der Waals surface area contributed by atoms with Crippen molar-refractivity contribution in [2.75, 3.05) is 6.61 Å². The van der Waals surface area contributed by atoms with Crippen LogP contribution in [0, 0.1) is 5.92 Å². The SMILES string of the molecule is O=C(OCC1CC=CCC1)C1(c2ccccc2)CC1. The average molecular weight is 256 g/mol. The van der Waals surface area contributed by atoms with Gasteiger partial charge in [0.05, 0.1) is 12.0 Å². The van der Waals surface area contributed by atoms with Gasteiger partial charge >= 0.3 is 5.97 Å². The van der Waals surface area contributed by atoms with Gasteiger partial charge in [0.1, 0.15) is 0 Å². The smallest absolute Gasteiger partial charge is 0.316 e. The van der Waals surface area contributed by atoms with Crippen LogP contribution in [0.4, 0.5) is 0 Å². The molecule has 0 aliphatic heterocycles. The van der Waals surface area contributed by atoms with Crippen molar-refractivity contribution in [1.82, 2.24) is 0 Å². The van der Waals surface area contributed by atoms with Crippen LogP contribution in [0.5, 0.6) is 0 Å². The first-order valence-electron chi connectivity index (χ1n) is 7.19. The van der Waals surface area contributed by atoms with Crippen LogP contribution in [0.2, 0.25) is 0 Å². The summed E-state index contributed by atoms with van der Waals surface area (Å²) in [6, 6.07) is 10.1. The monoisotopic (exact) mass is 256 g/mol. The second kappa shape index (κ2) is 5.20. The van der Waals surface area contributed by atoms with Crippen LogP contribution in [-0.4, -0.2) is 12.6 Å². The highest BCUT2D eigenvalue weighted by atomic mass is 16.5. The van der Waals surface area contributed by atoms with E-state index < -0.39 is 0 Å². The molecule has 1 fully saturated rings. The molecule has 0 radical (unpaired) electrons. The van der Waals surface area contributed by atoms with Gasteiger partial charge in [0.2, 0.25) is 0 Å². The highest BCUT2D eigenvalue weighted by molar-refractivity contribution is 5.86. The maximum Gasteiger partial charge on any atom is 0.316 e. The summed E-state index contributed by atoms with van der Waals surface area (Å²) in [6.07, 6.45) is 9.58. The third kappa shape index (κ3) is 2.58. The van der Waals surface area contributed by atoms with E-state index in [1.165, 1.54) is 0 Å². The Morgan fingerprint density at radius 1 is 1.21 bits per heavy atom. The summed E-state index contributed by atoms with van der Waals surface area (Å²) in [5.41, 5.74) is 0.787. The van der Waals surface area contributed by atoms with Crippen molar-refractivity contribution in [3.63, 3.8) is 0 Å². The number of hydrogen-bond acceptors (Lipinski definition) is 2. The minimum absolute atomic E-state index is 0.0201. The number of benzene rings is 1. The molecular weight excluding hydrogens is 236 g/mol. The molecule has 0 bridgehead atoms. The molecule has 100 valence electrons. The molecule has 0 heterocycles. The summed E-state index contributed by atoms with van der Waals surface area (Å²) < 4.78 is 5.59. The number of rotatable bonds is 4. The van der Waals surface area contributed by atoms with Crippen molar-refractivity contribution in [2.45, 2.75) is 37.5 Å². The van der Waals surface area contributed by atoms with Gasteiger partial charge in [-0.1, -0.05) is 42.5 Å². The van der Waals surface area contributed by atoms with E-state index >= 15 is 0 Å². The van der Waals surface area contributed by atoms with Crippen LogP contribution in [0.25, 0.3) is 0 Å². The van der Waals surface area contributed by atoms with E-state index in [1.807, 2.05) is 30.3 Å². The van der Waals surface area contributed by atoms with Crippen molar-refractivity contribution < 1.29 is 9.53 Å². The first-order valence-corrected chi connectivity index (χ1v) is 7.19. The predicted molar refractivity (Wildman–Crippen MR) is 74.8 cm³/mol. The average Bonchev–Trinajstić information content (AvgIpc) is 3.28. The van der Waals surface area contributed by atoms with Gasteiger partial charge in [-0.15, -0.1) is 0 Å². The molecule has 3 rings (SSSR count). The lowest BCUT2D eigenvalue weighted by Crippen LogP contribution is -2.26. The van der Waals surface area contributed by atoms with Crippen LogP contribution in [0.15, 0.2) is 42.5 Å². The number of carbonyl (C=O) groups excluding carboxylic acids is 1. The van der Waals surface area contributed by atoms with E-state index in [1.54, 1.807) is 0 Å². The molecule has 0 spiro atoms. The molecule has 1 aromatic rings. The minimum atomic E-state index is -0.328. The second-order valence-electron chi connectivity index (χ2n) is 5.70. The Hall–Kier alpha value is -1.57. The Bertz CT molecular complexity index is 471. The van der Waals surface area contributed by atoms with Gasteiger partial charge in [-0.3, -0.25) is 4.79 Å². The third-order valence-corrected chi connectivity index (χ3v) is 4.29. The van der Waals surface area contributed by atoms with Gasteiger partial charge in [-0.05, 0) is 43.6 Å². The van der Waals surface area contributed by atoms with E-state index in [2.05, 4.69) is 12.2 Å². The van der Waals surface area contributed by atoms with E-state index in [0.717, 1.165) is 37.7 Å². The molecule has 19 heavy (non-hydrogen) atoms. The quantitative estimate of drug-likeness (QED) is 0.607. The Balaban J connectivity index is 1.60. The Morgan fingerprint density at radius 3 is 2.63 bits per heavy atom. The zero-order chi connectivity index (χ0) is 13.1. The highest BCUT2D eigenvalue weighted by Gasteiger charge is 2.52. The zero-order valence-corrected chi connectivity index (χ0v) is 11.2. The largest absolute Gasteiger partial charge is 0.465 e. The van der Waals surface area contributed by atoms with Crippen LogP contribution in [0.1, 0.15) is 37.7 Å². The molecule has 2 aliphatic rings. The number of allylic oxidation sites excluding steroid dienone is 2. The van der Waals surface area contributed by atoms with Crippen LogP contribution in [-0.2, 0) is 14.9 Å². The molecule has 0 N–H and O–H groups in total. The summed E-state index contributed by atoms with van der Waals surface area (Å²) in [4.78, 5) is 12.3. The Morgan fingerprint density at radius 2 is 2.00 bits per heavy atom. The first-order chi connectivity index (χ1) is 9.31. The standard InChI is InChI=1S/C17H20O2/c18-16(19-13-14-7-3-1-4-8-14)17(11-12-17)15-9-5-2-6-10-15/h1-3,5-6,9-10,14H,4,7-8,11-13H2. The van der Waals surface area contributed by atoms with Crippen LogP contribution < -0.4 is 0 Å².